The molecule has 0 aromatic carbocycles. The first-order valence-corrected chi connectivity index (χ1v) is 5.36. The van der Waals surface area contributed by atoms with Gasteiger partial charge in [-0.15, -0.1) is 24.8 Å². The second-order valence-corrected chi connectivity index (χ2v) is 3.90. The van der Waals surface area contributed by atoms with Crippen molar-refractivity contribution in [2.45, 2.75) is 39.0 Å². The highest BCUT2D eigenvalue weighted by Crippen LogP contribution is 2.21. The molecule has 2 rings (SSSR count). The number of rotatable bonds is 2. The second-order valence-electron chi connectivity index (χ2n) is 3.90. The molecule has 3 nitrogen and oxygen atoms in total. The summed E-state index contributed by atoms with van der Waals surface area (Å²) in [5.41, 5.74) is 9.33. The van der Waals surface area contributed by atoms with Gasteiger partial charge < -0.3 is 5.73 Å². The molecule has 1 aromatic rings. The minimum absolute atomic E-state index is 0. The van der Waals surface area contributed by atoms with Gasteiger partial charge in [0.05, 0.1) is 0 Å². The average molecular weight is 264 g/mol. The molecule has 0 unspecified atom stereocenters. The van der Waals surface area contributed by atoms with Crippen LogP contribution in [-0.4, -0.2) is 16.5 Å². The molecule has 5 heteroatoms. The number of aryl methyl sites for hydroxylation is 2. The van der Waals surface area contributed by atoms with E-state index in [-0.39, 0.29) is 24.8 Å². The molecule has 0 bridgehead atoms. The van der Waals surface area contributed by atoms with Crippen LogP contribution in [0.15, 0.2) is 0 Å². The summed E-state index contributed by atoms with van der Waals surface area (Å²) in [5, 5.41) is 0. The molecule has 0 atom stereocenters. The first-order valence-electron chi connectivity index (χ1n) is 5.36. The quantitative estimate of drug-likeness (QED) is 0.889. The summed E-state index contributed by atoms with van der Waals surface area (Å²) in [5.74, 6) is 0.922. The smallest absolute Gasteiger partial charge is 0.130 e. The molecule has 1 aromatic heterocycles. The zero-order chi connectivity index (χ0) is 9.97. The van der Waals surface area contributed by atoms with Crippen LogP contribution in [0, 0.1) is 6.92 Å². The Hall–Kier alpha value is -0.380. The van der Waals surface area contributed by atoms with Gasteiger partial charge in [0.25, 0.3) is 0 Å². The topological polar surface area (TPSA) is 51.8 Å². The molecular weight excluding hydrogens is 245 g/mol. The molecule has 0 saturated heterocycles. The van der Waals surface area contributed by atoms with Crippen LogP contribution in [0.1, 0.15) is 35.6 Å². The van der Waals surface area contributed by atoms with Crippen molar-refractivity contribution in [2.24, 2.45) is 5.73 Å². The highest BCUT2D eigenvalue weighted by atomic mass is 35.5. The van der Waals surface area contributed by atoms with E-state index in [9.17, 15) is 0 Å². The van der Waals surface area contributed by atoms with Gasteiger partial charge in [-0.05, 0) is 44.7 Å². The van der Waals surface area contributed by atoms with Gasteiger partial charge in [-0.3, -0.25) is 0 Å². The Morgan fingerprint density at radius 2 is 1.81 bits per heavy atom. The molecule has 0 fully saturated rings. The number of halogens is 2. The lowest BCUT2D eigenvalue weighted by Crippen LogP contribution is -2.14. The van der Waals surface area contributed by atoms with Crippen molar-refractivity contribution in [1.82, 2.24) is 9.97 Å². The van der Waals surface area contributed by atoms with Crippen LogP contribution < -0.4 is 5.73 Å². The van der Waals surface area contributed by atoms with Gasteiger partial charge in [-0.1, -0.05) is 0 Å². The van der Waals surface area contributed by atoms with E-state index in [1.165, 1.54) is 24.1 Å². The minimum atomic E-state index is 0. The van der Waals surface area contributed by atoms with E-state index in [1.807, 2.05) is 0 Å². The zero-order valence-corrected chi connectivity index (χ0v) is 11.2. The van der Waals surface area contributed by atoms with Crippen molar-refractivity contribution in [1.29, 1.82) is 0 Å². The van der Waals surface area contributed by atoms with Crippen LogP contribution in [0.4, 0.5) is 0 Å². The third kappa shape index (κ3) is 3.30. The Morgan fingerprint density at radius 1 is 1.12 bits per heavy atom. The number of aromatic nitrogens is 2. The van der Waals surface area contributed by atoms with E-state index in [0.717, 1.165) is 30.8 Å². The maximum absolute atomic E-state index is 5.51. The van der Waals surface area contributed by atoms with E-state index in [0.29, 0.717) is 6.54 Å². The Bertz CT molecular complexity index is 342. The lowest BCUT2D eigenvalue weighted by molar-refractivity contribution is 0.646. The van der Waals surface area contributed by atoms with Crippen molar-refractivity contribution in [3.8, 4) is 0 Å². The summed E-state index contributed by atoms with van der Waals surface area (Å²) < 4.78 is 0. The standard InChI is InChI=1S/C11H17N3.2ClH/c1-8-9-4-2-3-5-10(9)14-11(13-8)6-7-12;;/h2-7,12H2,1H3;2*1H. The van der Waals surface area contributed by atoms with E-state index < -0.39 is 0 Å². The van der Waals surface area contributed by atoms with Gasteiger partial charge >= 0.3 is 0 Å². The van der Waals surface area contributed by atoms with Crippen LogP contribution >= 0.6 is 24.8 Å². The average Bonchev–Trinajstić information content (AvgIpc) is 2.18. The summed E-state index contributed by atoms with van der Waals surface area (Å²) in [6.45, 7) is 2.73. The second kappa shape index (κ2) is 7.05. The summed E-state index contributed by atoms with van der Waals surface area (Å²) in [6.07, 6.45) is 5.63. The fourth-order valence-corrected chi connectivity index (χ4v) is 2.09. The van der Waals surface area contributed by atoms with Gasteiger partial charge in [0.2, 0.25) is 0 Å². The summed E-state index contributed by atoms with van der Waals surface area (Å²) in [7, 11) is 0. The molecule has 2 N–H and O–H groups in total. The van der Waals surface area contributed by atoms with Crippen LogP contribution in [0.25, 0.3) is 0 Å². The first kappa shape index (κ1) is 15.6. The Balaban J connectivity index is 0.00000112. The molecule has 1 aliphatic carbocycles. The van der Waals surface area contributed by atoms with Crippen molar-refractivity contribution in [3.05, 3.63) is 22.8 Å². The molecular formula is C11H19Cl2N3. The predicted molar refractivity (Wildman–Crippen MR) is 70.7 cm³/mol. The van der Waals surface area contributed by atoms with E-state index in [2.05, 4.69) is 16.9 Å². The largest absolute Gasteiger partial charge is 0.330 e. The maximum atomic E-state index is 5.51. The molecule has 1 heterocycles. The van der Waals surface area contributed by atoms with Crippen LogP contribution in [-0.2, 0) is 19.3 Å². The van der Waals surface area contributed by atoms with Gasteiger partial charge in [0, 0.05) is 17.8 Å². The van der Waals surface area contributed by atoms with Crippen LogP contribution in [0.3, 0.4) is 0 Å². The summed E-state index contributed by atoms with van der Waals surface area (Å²) in [6, 6.07) is 0. The van der Waals surface area contributed by atoms with Crippen molar-refractivity contribution >= 4 is 24.8 Å². The van der Waals surface area contributed by atoms with Crippen molar-refractivity contribution in [3.63, 3.8) is 0 Å². The molecule has 0 spiro atoms. The zero-order valence-electron chi connectivity index (χ0n) is 9.53. The van der Waals surface area contributed by atoms with E-state index in [1.54, 1.807) is 0 Å². The molecule has 0 amide bonds. The number of fused-ring (bicyclic) bond motifs is 1. The highest BCUT2D eigenvalue weighted by Gasteiger charge is 2.14. The van der Waals surface area contributed by atoms with Crippen molar-refractivity contribution < 1.29 is 0 Å². The Kier molecular flexibility index (Phi) is 6.88. The fraction of sp³-hybridized carbons (Fsp3) is 0.636. The summed E-state index contributed by atoms with van der Waals surface area (Å²) >= 11 is 0. The number of nitrogens with zero attached hydrogens (tertiary/aromatic N) is 2. The highest BCUT2D eigenvalue weighted by molar-refractivity contribution is 5.85. The van der Waals surface area contributed by atoms with Gasteiger partial charge in [0.15, 0.2) is 0 Å². The lowest BCUT2D eigenvalue weighted by atomic mass is 9.95. The van der Waals surface area contributed by atoms with Crippen molar-refractivity contribution in [2.75, 3.05) is 6.54 Å². The van der Waals surface area contributed by atoms with E-state index >= 15 is 0 Å². The molecule has 16 heavy (non-hydrogen) atoms. The van der Waals surface area contributed by atoms with E-state index in [4.69, 9.17) is 5.73 Å². The first-order chi connectivity index (χ1) is 6.81. The maximum Gasteiger partial charge on any atom is 0.130 e. The SMILES string of the molecule is Cc1nc(CCN)nc2c1CCCC2.Cl.Cl. The number of hydrogen-bond donors (Lipinski definition) is 1. The molecule has 0 radical (unpaired) electrons. The minimum Gasteiger partial charge on any atom is -0.330 e. The summed E-state index contributed by atoms with van der Waals surface area (Å²) in [4.78, 5) is 9.06. The van der Waals surface area contributed by atoms with Gasteiger partial charge in [-0.25, -0.2) is 9.97 Å². The monoisotopic (exact) mass is 263 g/mol. The molecule has 0 aliphatic heterocycles. The lowest BCUT2D eigenvalue weighted by Gasteiger charge is -2.17. The third-order valence-corrected chi connectivity index (χ3v) is 2.80. The van der Waals surface area contributed by atoms with Gasteiger partial charge in [0.1, 0.15) is 5.82 Å². The number of hydrogen-bond acceptors (Lipinski definition) is 3. The van der Waals surface area contributed by atoms with Gasteiger partial charge in [-0.2, -0.15) is 0 Å². The predicted octanol–water partition coefficient (Wildman–Crippen LogP) is 2.01. The Morgan fingerprint density at radius 3 is 2.50 bits per heavy atom. The van der Waals surface area contributed by atoms with Crippen LogP contribution in [0.5, 0.6) is 0 Å². The normalized spacial score (nSPS) is 13.4. The Labute approximate surface area is 109 Å². The van der Waals surface area contributed by atoms with Crippen LogP contribution in [0.2, 0.25) is 0 Å². The molecule has 1 aliphatic rings. The third-order valence-electron chi connectivity index (χ3n) is 2.80. The number of nitrogens with two attached hydrogens (primary N) is 1. The molecule has 92 valence electrons. The fourth-order valence-electron chi connectivity index (χ4n) is 2.09. The molecule has 0 saturated carbocycles.